The van der Waals surface area contributed by atoms with Crippen molar-refractivity contribution in [1.29, 1.82) is 0 Å². The van der Waals surface area contributed by atoms with E-state index < -0.39 is 17.7 Å². The Kier molecular flexibility index (Phi) is 5.75. The molecule has 1 N–H and O–H groups in total. The van der Waals surface area contributed by atoms with Gasteiger partial charge in [0.05, 0.1) is 12.4 Å². The number of aliphatic hydroxyl groups excluding tert-OH is 1. The molecule has 0 spiro atoms. The van der Waals surface area contributed by atoms with E-state index in [4.69, 9.17) is 9.47 Å². The Morgan fingerprint density at radius 3 is 2.44 bits per heavy atom. The molecule has 0 aliphatic carbocycles. The van der Waals surface area contributed by atoms with Gasteiger partial charge >= 0.3 is 0 Å². The molecule has 2 heterocycles. The van der Waals surface area contributed by atoms with Gasteiger partial charge in [-0.15, -0.1) is 10.2 Å². The van der Waals surface area contributed by atoms with Crippen LogP contribution >= 0.6 is 0 Å². The summed E-state index contributed by atoms with van der Waals surface area (Å²) < 4.78 is 39.9. The number of fused-ring (bicyclic) bond motifs is 1. The summed E-state index contributed by atoms with van der Waals surface area (Å²) in [5.41, 5.74) is 1.11. The predicted molar refractivity (Wildman–Crippen MR) is 113 cm³/mol. The second-order valence-electron chi connectivity index (χ2n) is 8.20. The van der Waals surface area contributed by atoms with Crippen LogP contribution in [0.3, 0.4) is 0 Å². The van der Waals surface area contributed by atoms with E-state index in [0.29, 0.717) is 17.4 Å². The Hall–Kier alpha value is -3.59. The quantitative estimate of drug-likeness (QED) is 0.480. The highest BCUT2D eigenvalue weighted by Crippen LogP contribution is 2.27. The average Bonchev–Trinajstić information content (AvgIpc) is 3.18. The van der Waals surface area contributed by atoms with E-state index in [9.17, 15) is 13.9 Å². The van der Waals surface area contributed by atoms with Crippen molar-refractivity contribution >= 4 is 5.65 Å². The van der Waals surface area contributed by atoms with Gasteiger partial charge < -0.3 is 14.6 Å². The number of nitrogens with zero attached hydrogens (tertiary/aromatic N) is 4. The summed E-state index contributed by atoms with van der Waals surface area (Å²) in [6.07, 6.45) is 1.83. The Morgan fingerprint density at radius 2 is 1.75 bits per heavy atom. The monoisotopic (exact) mass is 440 g/mol. The zero-order valence-corrected chi connectivity index (χ0v) is 17.8. The third-order valence-corrected chi connectivity index (χ3v) is 4.54. The van der Waals surface area contributed by atoms with Gasteiger partial charge in [0.25, 0.3) is 0 Å². The van der Waals surface area contributed by atoms with Crippen molar-refractivity contribution in [2.45, 2.75) is 32.5 Å². The fourth-order valence-electron chi connectivity index (χ4n) is 3.12. The van der Waals surface area contributed by atoms with Crippen LogP contribution in [0, 0.1) is 11.6 Å². The van der Waals surface area contributed by atoms with E-state index in [1.807, 2.05) is 45.0 Å². The van der Waals surface area contributed by atoms with Gasteiger partial charge in [0.2, 0.25) is 5.88 Å². The smallest absolute Gasteiger partial charge is 0.220 e. The van der Waals surface area contributed by atoms with Gasteiger partial charge in [-0.05, 0) is 62.7 Å². The third-order valence-electron chi connectivity index (χ3n) is 4.54. The van der Waals surface area contributed by atoms with Crippen LogP contribution in [0.5, 0.6) is 11.6 Å². The first kappa shape index (κ1) is 21.6. The molecule has 0 fully saturated rings. The number of benzene rings is 2. The summed E-state index contributed by atoms with van der Waals surface area (Å²) in [7, 11) is 0. The summed E-state index contributed by atoms with van der Waals surface area (Å²) in [6.45, 7) is 5.71. The van der Waals surface area contributed by atoms with Crippen molar-refractivity contribution in [3.63, 3.8) is 0 Å². The topological polar surface area (TPSA) is 81.8 Å². The van der Waals surface area contributed by atoms with Crippen molar-refractivity contribution in [2.75, 3.05) is 6.61 Å². The Labute approximate surface area is 183 Å². The maximum Gasteiger partial charge on any atom is 0.220 e. The predicted octanol–water partition coefficient (Wildman–Crippen LogP) is 4.36. The van der Waals surface area contributed by atoms with Gasteiger partial charge in [0.15, 0.2) is 23.1 Å². The lowest BCUT2D eigenvalue weighted by Gasteiger charge is -2.21. The van der Waals surface area contributed by atoms with Crippen molar-refractivity contribution < 1.29 is 23.4 Å². The summed E-state index contributed by atoms with van der Waals surface area (Å²) in [4.78, 5) is 4.09. The highest BCUT2D eigenvalue weighted by atomic mass is 19.2. The van der Waals surface area contributed by atoms with Crippen molar-refractivity contribution in [1.82, 2.24) is 19.6 Å². The van der Waals surface area contributed by atoms with Gasteiger partial charge in [-0.1, -0.05) is 6.07 Å². The lowest BCUT2D eigenvalue weighted by Crippen LogP contribution is -2.22. The molecule has 1 unspecified atom stereocenters. The van der Waals surface area contributed by atoms with Gasteiger partial charge in [0.1, 0.15) is 24.1 Å². The van der Waals surface area contributed by atoms with E-state index in [1.165, 1.54) is 18.5 Å². The Morgan fingerprint density at radius 1 is 1.00 bits per heavy atom. The van der Waals surface area contributed by atoms with E-state index in [0.717, 1.165) is 23.4 Å². The van der Waals surface area contributed by atoms with Gasteiger partial charge in [0, 0.05) is 5.56 Å². The van der Waals surface area contributed by atoms with Crippen molar-refractivity contribution in [3.8, 4) is 23.0 Å². The minimum Gasteiger partial charge on any atom is -0.488 e. The summed E-state index contributed by atoms with van der Waals surface area (Å²) in [5.74, 6) is -0.488. The normalized spacial score (nSPS) is 12.7. The molecule has 4 aromatic rings. The molecule has 0 aliphatic heterocycles. The van der Waals surface area contributed by atoms with Crippen LogP contribution in [0.4, 0.5) is 8.78 Å². The first-order valence-corrected chi connectivity index (χ1v) is 9.96. The maximum absolute atomic E-state index is 13.5. The summed E-state index contributed by atoms with van der Waals surface area (Å²) in [5, 5.41) is 18.7. The van der Waals surface area contributed by atoms with Crippen LogP contribution in [-0.2, 0) is 0 Å². The maximum atomic E-state index is 13.5. The highest BCUT2D eigenvalue weighted by molar-refractivity contribution is 5.61. The molecule has 9 heteroatoms. The number of ether oxygens (including phenoxy) is 2. The van der Waals surface area contributed by atoms with Crippen LogP contribution in [0.1, 0.15) is 32.4 Å². The van der Waals surface area contributed by atoms with E-state index in [-0.39, 0.29) is 17.8 Å². The molecule has 0 aliphatic rings. The molecule has 0 saturated heterocycles. The van der Waals surface area contributed by atoms with Crippen LogP contribution < -0.4 is 9.47 Å². The van der Waals surface area contributed by atoms with Crippen LogP contribution in [-0.4, -0.2) is 36.9 Å². The molecule has 166 valence electrons. The first-order valence-electron chi connectivity index (χ1n) is 9.96. The number of aliphatic hydroxyl groups is 1. The molecule has 0 radical (unpaired) electrons. The molecule has 1 atom stereocenters. The molecule has 0 bridgehead atoms. The standard InChI is InChI=1S/C23H22F2N4O3/c1-23(2,3)32-16-7-4-14(5-8-16)22-28-27-20-11-26-12-21(29(20)22)31-13-19(30)15-6-9-17(24)18(25)10-15/h4-12,19,30H,13H2,1-3H3. The second-order valence-corrected chi connectivity index (χ2v) is 8.20. The van der Waals surface area contributed by atoms with E-state index >= 15 is 0 Å². The zero-order chi connectivity index (χ0) is 22.9. The molecule has 7 nitrogen and oxygen atoms in total. The molecule has 4 rings (SSSR count). The molecular formula is C23H22F2N4O3. The number of halogens is 2. The number of hydrogen-bond donors (Lipinski definition) is 1. The van der Waals surface area contributed by atoms with E-state index in [1.54, 1.807) is 4.40 Å². The lowest BCUT2D eigenvalue weighted by molar-refractivity contribution is 0.104. The van der Waals surface area contributed by atoms with Gasteiger partial charge in [-0.2, -0.15) is 0 Å². The molecule has 32 heavy (non-hydrogen) atoms. The number of aromatic nitrogens is 4. The average molecular weight is 440 g/mol. The Bertz CT molecular complexity index is 1240. The molecule has 2 aromatic heterocycles. The van der Waals surface area contributed by atoms with Gasteiger partial charge in [-0.3, -0.25) is 4.98 Å². The SMILES string of the molecule is CC(C)(C)Oc1ccc(-c2nnc3cncc(OCC(O)c4ccc(F)c(F)c4)n23)cc1. The van der Waals surface area contributed by atoms with Crippen LogP contribution in [0.15, 0.2) is 54.9 Å². The number of rotatable bonds is 6. The Balaban J connectivity index is 1.58. The fourth-order valence-corrected chi connectivity index (χ4v) is 3.12. The van der Waals surface area contributed by atoms with Gasteiger partial charge in [-0.25, -0.2) is 13.2 Å². The zero-order valence-electron chi connectivity index (χ0n) is 17.8. The minimum atomic E-state index is -1.17. The molecule has 0 saturated carbocycles. The second kappa shape index (κ2) is 8.51. The van der Waals surface area contributed by atoms with Crippen LogP contribution in [0.25, 0.3) is 17.0 Å². The molecule has 2 aromatic carbocycles. The summed E-state index contributed by atoms with van der Waals surface area (Å²) >= 11 is 0. The highest BCUT2D eigenvalue weighted by Gasteiger charge is 2.17. The van der Waals surface area contributed by atoms with Crippen molar-refractivity contribution in [3.05, 3.63) is 72.1 Å². The lowest BCUT2D eigenvalue weighted by atomic mass is 10.1. The number of hydrogen-bond acceptors (Lipinski definition) is 6. The third kappa shape index (κ3) is 4.67. The largest absolute Gasteiger partial charge is 0.488 e. The molecule has 0 amide bonds. The molecular weight excluding hydrogens is 418 g/mol. The van der Waals surface area contributed by atoms with Crippen molar-refractivity contribution in [2.24, 2.45) is 0 Å². The first-order chi connectivity index (χ1) is 15.2. The van der Waals surface area contributed by atoms with Crippen LogP contribution in [0.2, 0.25) is 0 Å². The fraction of sp³-hybridized carbons (Fsp3) is 0.261. The summed E-state index contributed by atoms with van der Waals surface area (Å²) in [6, 6.07) is 10.6. The minimum absolute atomic E-state index is 0.197. The van der Waals surface area contributed by atoms with E-state index in [2.05, 4.69) is 15.2 Å².